The number of rotatable bonds is 11. The summed E-state index contributed by atoms with van der Waals surface area (Å²) in [5.74, 6) is -1.04. The van der Waals surface area contributed by atoms with Crippen LogP contribution in [0.1, 0.15) is 19.3 Å². The number of carbonyl (C=O) groups excluding carboxylic acids is 1. The van der Waals surface area contributed by atoms with Crippen LogP contribution in [0.4, 0.5) is 10.5 Å². The molecule has 0 heterocycles. The van der Waals surface area contributed by atoms with Crippen molar-refractivity contribution in [3.05, 3.63) is 30.3 Å². The maximum absolute atomic E-state index is 11.9. The normalized spacial score (nSPS) is 12.4. The first-order chi connectivity index (χ1) is 11.9. The topological polar surface area (TPSA) is 103 Å². The quantitative estimate of drug-likeness (QED) is 0.576. The van der Waals surface area contributed by atoms with Crippen molar-refractivity contribution < 1.29 is 32.7 Å². The van der Waals surface area contributed by atoms with Crippen molar-refractivity contribution in [3.63, 3.8) is 0 Å². The fourth-order valence-corrected chi connectivity index (χ4v) is 4.07. The van der Waals surface area contributed by atoms with Crippen LogP contribution < -0.4 is 5.32 Å². The summed E-state index contributed by atoms with van der Waals surface area (Å²) < 4.78 is 21.2. The highest BCUT2D eigenvalue weighted by molar-refractivity contribution is 6.60. The lowest BCUT2D eigenvalue weighted by atomic mass is 10.1. The number of ether oxygens (including phenoxy) is 1. The Balaban J connectivity index is 2.56. The third-order valence-corrected chi connectivity index (χ3v) is 6.47. The van der Waals surface area contributed by atoms with Crippen LogP contribution in [0.3, 0.4) is 0 Å². The monoisotopic (exact) mass is 371 g/mol. The standard InChI is InChI=1S/C16H25NO7Si/c1-21-25(22-2,23-3)11-7-10-14(12-15(18)19)24-16(20)17-13-8-5-4-6-9-13/h4-6,8-9,14H,7,10-12H2,1-3H3,(H,17,20)(H,18,19). The van der Waals surface area contributed by atoms with E-state index in [1.54, 1.807) is 24.3 Å². The number of benzene rings is 1. The first-order valence-corrected chi connectivity index (χ1v) is 9.77. The molecule has 1 aromatic rings. The van der Waals surface area contributed by atoms with Gasteiger partial charge in [0.05, 0.1) is 6.42 Å². The fourth-order valence-electron chi connectivity index (χ4n) is 2.32. The molecule has 2 N–H and O–H groups in total. The molecule has 1 rings (SSSR count). The van der Waals surface area contributed by atoms with Crippen LogP contribution in [0.15, 0.2) is 30.3 Å². The zero-order valence-electron chi connectivity index (χ0n) is 14.7. The lowest BCUT2D eigenvalue weighted by Gasteiger charge is -2.25. The molecule has 1 aromatic carbocycles. The van der Waals surface area contributed by atoms with E-state index in [-0.39, 0.29) is 6.42 Å². The molecule has 0 aliphatic heterocycles. The number of carbonyl (C=O) groups is 2. The molecule has 0 bridgehead atoms. The van der Waals surface area contributed by atoms with Crippen LogP contribution in [0.5, 0.6) is 0 Å². The van der Waals surface area contributed by atoms with E-state index in [1.807, 2.05) is 6.07 Å². The number of carboxylic acid groups (broad SMARTS) is 1. The summed E-state index contributed by atoms with van der Waals surface area (Å²) in [4.78, 5) is 22.9. The average Bonchev–Trinajstić information content (AvgIpc) is 2.59. The van der Waals surface area contributed by atoms with E-state index in [4.69, 9.17) is 23.1 Å². The predicted molar refractivity (Wildman–Crippen MR) is 93.4 cm³/mol. The van der Waals surface area contributed by atoms with Gasteiger partial charge in [0.1, 0.15) is 6.10 Å². The molecule has 1 atom stereocenters. The highest BCUT2D eigenvalue weighted by atomic mass is 28.4. The average molecular weight is 371 g/mol. The molecule has 9 heteroatoms. The van der Waals surface area contributed by atoms with Crippen LogP contribution in [0, 0.1) is 0 Å². The summed E-state index contributed by atoms with van der Waals surface area (Å²) in [6.07, 6.45) is -0.814. The Bertz CT molecular complexity index is 528. The molecule has 0 spiro atoms. The maximum atomic E-state index is 11.9. The Hall–Kier alpha value is -1.94. The summed E-state index contributed by atoms with van der Waals surface area (Å²) in [6.45, 7) is 0. The second-order valence-electron chi connectivity index (χ2n) is 5.30. The maximum Gasteiger partial charge on any atom is 0.500 e. The van der Waals surface area contributed by atoms with Crippen molar-refractivity contribution in [2.45, 2.75) is 31.4 Å². The number of hydrogen-bond donors (Lipinski definition) is 2. The SMILES string of the molecule is CO[Si](CCCC(CC(=O)O)OC(=O)Nc1ccccc1)(OC)OC. The zero-order valence-corrected chi connectivity index (χ0v) is 15.7. The van der Waals surface area contributed by atoms with E-state index in [9.17, 15) is 9.59 Å². The van der Waals surface area contributed by atoms with Gasteiger partial charge in [-0.1, -0.05) is 18.2 Å². The van der Waals surface area contributed by atoms with Crippen molar-refractivity contribution >= 4 is 26.6 Å². The molecule has 1 unspecified atom stereocenters. The Morgan fingerprint density at radius 3 is 2.24 bits per heavy atom. The van der Waals surface area contributed by atoms with E-state index in [0.29, 0.717) is 24.6 Å². The molecule has 25 heavy (non-hydrogen) atoms. The second kappa shape index (κ2) is 10.8. The number of para-hydroxylation sites is 1. The molecule has 0 aromatic heterocycles. The molecule has 1 amide bonds. The van der Waals surface area contributed by atoms with Crippen LogP contribution in [-0.2, 0) is 22.8 Å². The van der Waals surface area contributed by atoms with Gasteiger partial charge in [0.15, 0.2) is 0 Å². The minimum atomic E-state index is -2.73. The van der Waals surface area contributed by atoms with Gasteiger partial charge in [0, 0.05) is 33.1 Å². The molecule has 0 saturated carbocycles. The first kappa shape index (κ1) is 21.1. The Morgan fingerprint density at radius 2 is 1.72 bits per heavy atom. The van der Waals surface area contributed by atoms with Gasteiger partial charge in [0.25, 0.3) is 0 Å². The molecule has 0 aliphatic carbocycles. The van der Waals surface area contributed by atoms with Gasteiger partial charge in [-0.25, -0.2) is 4.79 Å². The highest BCUT2D eigenvalue weighted by Crippen LogP contribution is 2.19. The van der Waals surface area contributed by atoms with Gasteiger partial charge < -0.3 is 23.1 Å². The van der Waals surface area contributed by atoms with Crippen LogP contribution in [0.25, 0.3) is 0 Å². The molecular formula is C16H25NO7Si. The molecule has 0 radical (unpaired) electrons. The van der Waals surface area contributed by atoms with Crippen molar-refractivity contribution in [2.75, 3.05) is 26.6 Å². The minimum Gasteiger partial charge on any atom is -0.481 e. The van der Waals surface area contributed by atoms with Crippen LogP contribution in [0.2, 0.25) is 6.04 Å². The van der Waals surface area contributed by atoms with Gasteiger partial charge >= 0.3 is 20.9 Å². The predicted octanol–water partition coefficient (Wildman–Crippen LogP) is 2.74. The number of amides is 1. The number of anilines is 1. The lowest BCUT2D eigenvalue weighted by Crippen LogP contribution is -2.42. The summed E-state index contributed by atoms with van der Waals surface area (Å²) in [7, 11) is 1.81. The summed E-state index contributed by atoms with van der Waals surface area (Å²) in [6, 6.07) is 9.29. The second-order valence-corrected chi connectivity index (χ2v) is 8.39. The summed E-state index contributed by atoms with van der Waals surface area (Å²) >= 11 is 0. The van der Waals surface area contributed by atoms with E-state index >= 15 is 0 Å². The van der Waals surface area contributed by atoms with E-state index in [1.165, 1.54) is 21.3 Å². The van der Waals surface area contributed by atoms with Gasteiger partial charge in [0.2, 0.25) is 0 Å². The van der Waals surface area contributed by atoms with Crippen molar-refractivity contribution in [2.24, 2.45) is 0 Å². The van der Waals surface area contributed by atoms with Crippen molar-refractivity contribution in [3.8, 4) is 0 Å². The summed E-state index contributed by atoms with van der Waals surface area (Å²) in [5.41, 5.74) is 0.575. The van der Waals surface area contributed by atoms with Crippen molar-refractivity contribution in [1.29, 1.82) is 0 Å². The molecule has 8 nitrogen and oxygen atoms in total. The smallest absolute Gasteiger partial charge is 0.481 e. The zero-order chi connectivity index (χ0) is 18.7. The van der Waals surface area contributed by atoms with E-state index < -0.39 is 27.0 Å². The first-order valence-electron chi connectivity index (χ1n) is 7.84. The summed E-state index contributed by atoms with van der Waals surface area (Å²) in [5, 5.41) is 11.6. The van der Waals surface area contributed by atoms with E-state index in [0.717, 1.165) is 0 Å². The Morgan fingerprint density at radius 1 is 1.12 bits per heavy atom. The van der Waals surface area contributed by atoms with Crippen LogP contribution in [-0.4, -0.2) is 53.4 Å². The highest BCUT2D eigenvalue weighted by Gasteiger charge is 2.37. The third-order valence-electron chi connectivity index (χ3n) is 3.64. The van der Waals surface area contributed by atoms with Crippen molar-refractivity contribution in [1.82, 2.24) is 0 Å². The number of hydrogen-bond acceptors (Lipinski definition) is 6. The van der Waals surface area contributed by atoms with Gasteiger partial charge in [-0.05, 0) is 25.0 Å². The molecule has 0 aliphatic rings. The van der Waals surface area contributed by atoms with Gasteiger partial charge in [-0.15, -0.1) is 0 Å². The Labute approximate surface area is 148 Å². The number of carboxylic acids is 1. The van der Waals surface area contributed by atoms with Gasteiger partial charge in [-0.3, -0.25) is 10.1 Å². The number of aliphatic carboxylic acids is 1. The largest absolute Gasteiger partial charge is 0.500 e. The Kier molecular flexibility index (Phi) is 9.14. The molecule has 140 valence electrons. The van der Waals surface area contributed by atoms with E-state index in [2.05, 4.69) is 5.32 Å². The minimum absolute atomic E-state index is 0.274. The third kappa shape index (κ3) is 7.65. The molecule has 0 fully saturated rings. The lowest BCUT2D eigenvalue weighted by molar-refractivity contribution is -0.139. The molecule has 0 saturated heterocycles. The molecular weight excluding hydrogens is 346 g/mol. The van der Waals surface area contributed by atoms with Crippen LogP contribution >= 0.6 is 0 Å². The number of nitrogens with one attached hydrogen (secondary N) is 1. The van der Waals surface area contributed by atoms with Gasteiger partial charge in [-0.2, -0.15) is 0 Å². The fraction of sp³-hybridized carbons (Fsp3) is 0.500.